The third kappa shape index (κ3) is 5.10. The van der Waals surface area contributed by atoms with E-state index in [-0.39, 0.29) is 18.0 Å². The van der Waals surface area contributed by atoms with Crippen molar-refractivity contribution >= 4 is 17.7 Å². The number of urea groups is 1. The van der Waals surface area contributed by atoms with E-state index in [9.17, 15) is 9.59 Å². The number of hydrogen-bond donors (Lipinski definition) is 2. The summed E-state index contributed by atoms with van der Waals surface area (Å²) in [6.45, 7) is 7.66. The van der Waals surface area contributed by atoms with Crippen molar-refractivity contribution < 1.29 is 14.3 Å². The Bertz CT molecular complexity index is 488. The third-order valence-electron chi connectivity index (χ3n) is 3.41. The smallest absolute Gasteiger partial charge is 0.319 e. The van der Waals surface area contributed by atoms with E-state index in [0.717, 1.165) is 17.7 Å². The first-order valence-electron chi connectivity index (χ1n) is 7.31. The summed E-state index contributed by atoms with van der Waals surface area (Å²) < 4.78 is 4.95. The summed E-state index contributed by atoms with van der Waals surface area (Å²) in [5, 5.41) is 5.58. The molecule has 2 atom stereocenters. The van der Waals surface area contributed by atoms with Crippen molar-refractivity contribution in [2.24, 2.45) is 5.92 Å². The van der Waals surface area contributed by atoms with Gasteiger partial charge in [-0.2, -0.15) is 0 Å². The molecule has 0 aromatic heterocycles. The summed E-state index contributed by atoms with van der Waals surface area (Å²) in [7, 11) is 0. The summed E-state index contributed by atoms with van der Waals surface area (Å²) in [6, 6.07) is 7.02. The average Bonchev–Trinajstić information content (AvgIpc) is 2.47. The Morgan fingerprint density at radius 3 is 2.48 bits per heavy atom. The molecular formula is C16H24N2O3. The Kier molecular flexibility index (Phi) is 6.72. The molecule has 0 bridgehead atoms. The zero-order chi connectivity index (χ0) is 15.8. The van der Waals surface area contributed by atoms with E-state index in [4.69, 9.17) is 4.74 Å². The number of aryl methyl sites for hydroxylation is 1. The summed E-state index contributed by atoms with van der Waals surface area (Å²) in [6.07, 6.45) is 0.839. The van der Waals surface area contributed by atoms with Gasteiger partial charge in [0.2, 0.25) is 0 Å². The van der Waals surface area contributed by atoms with Crippen LogP contribution in [0.1, 0.15) is 33.3 Å². The monoisotopic (exact) mass is 292 g/mol. The quantitative estimate of drug-likeness (QED) is 0.792. The highest BCUT2D eigenvalue weighted by atomic mass is 16.5. The second kappa shape index (κ2) is 8.29. The molecule has 1 rings (SSSR count). The van der Waals surface area contributed by atoms with Crippen LogP contribution >= 0.6 is 0 Å². The van der Waals surface area contributed by atoms with Crippen LogP contribution in [0.25, 0.3) is 0 Å². The zero-order valence-corrected chi connectivity index (χ0v) is 13.1. The molecule has 0 fully saturated rings. The van der Waals surface area contributed by atoms with Crippen LogP contribution in [0.5, 0.6) is 0 Å². The standard InChI is InChI=1S/C16H24N2O3/c1-5-13-9-7-8-10-14(13)18-16(20)17-12(4)11(3)15(19)21-6-2/h7-12H,5-6H2,1-4H3,(H2,17,18,20)/t11-,12-/m0/s1. The normalized spacial score (nSPS) is 13.1. The van der Waals surface area contributed by atoms with Crippen molar-refractivity contribution in [3.63, 3.8) is 0 Å². The molecule has 0 radical (unpaired) electrons. The summed E-state index contributed by atoms with van der Waals surface area (Å²) in [4.78, 5) is 23.6. The fourth-order valence-electron chi connectivity index (χ4n) is 1.92. The van der Waals surface area contributed by atoms with Crippen LogP contribution in [0, 0.1) is 5.92 Å². The number of anilines is 1. The lowest BCUT2D eigenvalue weighted by atomic mass is 10.0. The van der Waals surface area contributed by atoms with Crippen molar-refractivity contribution in [2.45, 2.75) is 40.2 Å². The number of rotatable bonds is 6. The lowest BCUT2D eigenvalue weighted by Gasteiger charge is -2.20. The second-order valence-corrected chi connectivity index (χ2v) is 4.94. The number of ether oxygens (including phenoxy) is 1. The Labute approximate surface area is 126 Å². The molecule has 5 heteroatoms. The predicted molar refractivity (Wildman–Crippen MR) is 83.2 cm³/mol. The molecule has 2 amide bonds. The molecule has 0 unspecified atom stereocenters. The number of carbonyl (C=O) groups excluding carboxylic acids is 2. The molecule has 116 valence electrons. The van der Waals surface area contributed by atoms with Gasteiger partial charge in [0.15, 0.2) is 0 Å². The molecule has 0 aliphatic carbocycles. The minimum atomic E-state index is -0.392. The van der Waals surface area contributed by atoms with Gasteiger partial charge in [-0.15, -0.1) is 0 Å². The highest BCUT2D eigenvalue weighted by Crippen LogP contribution is 2.15. The zero-order valence-electron chi connectivity index (χ0n) is 13.1. The van der Waals surface area contributed by atoms with Crippen LogP contribution in [0.15, 0.2) is 24.3 Å². The number of benzene rings is 1. The molecule has 0 saturated carbocycles. The van der Waals surface area contributed by atoms with Crippen molar-refractivity contribution in [1.82, 2.24) is 5.32 Å². The van der Waals surface area contributed by atoms with Gasteiger partial charge in [-0.25, -0.2) is 4.79 Å². The van der Waals surface area contributed by atoms with Crippen LogP contribution in [0.2, 0.25) is 0 Å². The molecular weight excluding hydrogens is 268 g/mol. The molecule has 21 heavy (non-hydrogen) atoms. The first kappa shape index (κ1) is 17.0. The predicted octanol–water partition coefficient (Wildman–Crippen LogP) is 2.96. The van der Waals surface area contributed by atoms with Crippen molar-refractivity contribution in [3.05, 3.63) is 29.8 Å². The van der Waals surface area contributed by atoms with Crippen molar-refractivity contribution in [2.75, 3.05) is 11.9 Å². The van der Waals surface area contributed by atoms with Crippen molar-refractivity contribution in [3.8, 4) is 0 Å². The average molecular weight is 292 g/mol. The van der Waals surface area contributed by atoms with Gasteiger partial charge in [-0.3, -0.25) is 4.79 Å². The lowest BCUT2D eigenvalue weighted by Crippen LogP contribution is -2.42. The van der Waals surface area contributed by atoms with Gasteiger partial charge < -0.3 is 15.4 Å². The number of carbonyl (C=O) groups is 2. The number of nitrogens with one attached hydrogen (secondary N) is 2. The second-order valence-electron chi connectivity index (χ2n) is 4.94. The van der Waals surface area contributed by atoms with Crippen LogP contribution < -0.4 is 10.6 Å². The summed E-state index contributed by atoms with van der Waals surface area (Å²) >= 11 is 0. The number of hydrogen-bond acceptors (Lipinski definition) is 3. The van der Waals surface area contributed by atoms with Crippen LogP contribution in [-0.4, -0.2) is 24.6 Å². The Hall–Kier alpha value is -2.04. The molecule has 0 saturated heterocycles. The van der Waals surface area contributed by atoms with Crippen LogP contribution in [0.4, 0.5) is 10.5 Å². The first-order chi connectivity index (χ1) is 9.99. The van der Waals surface area contributed by atoms with Crippen molar-refractivity contribution in [1.29, 1.82) is 0 Å². The van der Waals surface area contributed by atoms with Gasteiger partial charge in [0.05, 0.1) is 12.5 Å². The maximum atomic E-state index is 12.0. The highest BCUT2D eigenvalue weighted by molar-refractivity contribution is 5.90. The van der Waals surface area contributed by atoms with Gasteiger partial charge in [-0.05, 0) is 38.8 Å². The van der Waals surface area contributed by atoms with E-state index in [1.54, 1.807) is 20.8 Å². The Morgan fingerprint density at radius 1 is 1.19 bits per heavy atom. The summed E-state index contributed by atoms with van der Waals surface area (Å²) in [5.74, 6) is -0.698. The topological polar surface area (TPSA) is 67.4 Å². The Morgan fingerprint density at radius 2 is 1.86 bits per heavy atom. The van der Waals surface area contributed by atoms with Gasteiger partial charge in [0, 0.05) is 11.7 Å². The maximum absolute atomic E-state index is 12.0. The minimum Gasteiger partial charge on any atom is -0.466 e. The number of amides is 2. The molecule has 5 nitrogen and oxygen atoms in total. The van der Waals surface area contributed by atoms with Gasteiger partial charge >= 0.3 is 12.0 Å². The first-order valence-corrected chi connectivity index (χ1v) is 7.31. The van der Waals surface area contributed by atoms with Crippen LogP contribution in [-0.2, 0) is 16.0 Å². The fraction of sp³-hybridized carbons (Fsp3) is 0.500. The van der Waals surface area contributed by atoms with E-state index < -0.39 is 5.92 Å². The number of esters is 1. The van der Waals surface area contributed by atoms with E-state index in [0.29, 0.717) is 6.61 Å². The minimum absolute atomic E-state index is 0.306. The molecule has 0 heterocycles. The van der Waals surface area contributed by atoms with Gasteiger partial charge in [0.25, 0.3) is 0 Å². The molecule has 0 aliphatic heterocycles. The molecule has 2 N–H and O–H groups in total. The molecule has 0 spiro atoms. The molecule has 0 aliphatic rings. The molecule has 1 aromatic carbocycles. The summed E-state index contributed by atoms with van der Waals surface area (Å²) in [5.41, 5.74) is 1.85. The number of para-hydroxylation sites is 1. The fourth-order valence-corrected chi connectivity index (χ4v) is 1.92. The third-order valence-corrected chi connectivity index (χ3v) is 3.41. The van der Waals surface area contributed by atoms with E-state index in [1.807, 2.05) is 31.2 Å². The van der Waals surface area contributed by atoms with E-state index in [1.165, 1.54) is 0 Å². The van der Waals surface area contributed by atoms with E-state index in [2.05, 4.69) is 10.6 Å². The van der Waals surface area contributed by atoms with Crippen LogP contribution in [0.3, 0.4) is 0 Å². The van der Waals surface area contributed by atoms with Gasteiger partial charge in [0.1, 0.15) is 0 Å². The SMILES string of the molecule is CCOC(=O)[C@@H](C)[C@H](C)NC(=O)Nc1ccccc1CC. The lowest BCUT2D eigenvalue weighted by molar-refractivity contribution is -0.148. The maximum Gasteiger partial charge on any atom is 0.319 e. The van der Waals surface area contributed by atoms with E-state index >= 15 is 0 Å². The molecule has 1 aromatic rings. The largest absolute Gasteiger partial charge is 0.466 e. The highest BCUT2D eigenvalue weighted by Gasteiger charge is 2.22. The Balaban J connectivity index is 2.59. The van der Waals surface area contributed by atoms with Gasteiger partial charge in [-0.1, -0.05) is 25.1 Å².